The van der Waals surface area contributed by atoms with Crippen LogP contribution in [-0.2, 0) is 57.5 Å². The second-order valence-corrected chi connectivity index (χ2v) is 18.6. The predicted octanol–water partition coefficient (Wildman–Crippen LogP) is 10.8. The quantitative estimate of drug-likeness (QED) is 0.0895. The van der Waals surface area contributed by atoms with Crippen LogP contribution in [0.4, 0.5) is 42.5 Å². The van der Waals surface area contributed by atoms with Crippen LogP contribution in [0.15, 0.2) is 109 Å². The number of fused-ring (bicyclic) bond motifs is 2. The van der Waals surface area contributed by atoms with Crippen LogP contribution in [0, 0.1) is 0 Å². The van der Waals surface area contributed by atoms with Gasteiger partial charge in [-0.3, -0.25) is 9.59 Å². The standard InChI is InChI=1S/C32H37F3N4O6.C19H16F3N3O.ClH/c1-30(2,3)44-27(40)18-24(36-29(42)45-31(4,5)6)28(41)38-15-14-20-16-23(12-13-25(20)38)43-19-21-17-26(32(33,34)35)39(37-21)22-10-8-7-9-11-22;20-19(21,22)18-11-14(24-25(18)15-4-2-1-3-5-15)12-26-16-6-7-17-13(10-16)8-9-23-17;/h7-13,16-17,24H,14-15,18-19H2,1-6H3,(H,36,42);1-7,10-11,23H,8-9,12H2;1H/t24-;;/m1../s1. The van der Waals surface area contributed by atoms with Gasteiger partial charge in [-0.1, -0.05) is 36.4 Å². The molecule has 0 bridgehead atoms. The highest BCUT2D eigenvalue weighted by Gasteiger charge is 2.38. The van der Waals surface area contributed by atoms with Gasteiger partial charge in [0.25, 0.3) is 0 Å². The molecule has 6 aromatic rings. The van der Waals surface area contributed by atoms with Crippen LogP contribution in [0.3, 0.4) is 0 Å². The number of carbonyl (C=O) groups is 3. The van der Waals surface area contributed by atoms with Gasteiger partial charge in [0.05, 0.1) is 17.8 Å². The van der Waals surface area contributed by atoms with Gasteiger partial charge in [-0.15, -0.1) is 12.4 Å². The number of anilines is 2. The van der Waals surface area contributed by atoms with E-state index in [0.29, 0.717) is 29.3 Å². The van der Waals surface area contributed by atoms with Crippen molar-refractivity contribution in [2.24, 2.45) is 0 Å². The number of esters is 1. The molecule has 2 aromatic heterocycles. The van der Waals surface area contributed by atoms with Crippen molar-refractivity contribution >= 4 is 41.8 Å². The van der Waals surface area contributed by atoms with E-state index < -0.39 is 65.4 Å². The number of amides is 2. The zero-order chi connectivity index (χ0) is 51.3. The van der Waals surface area contributed by atoms with E-state index in [1.54, 1.807) is 114 Å². The van der Waals surface area contributed by atoms with Crippen LogP contribution in [0.2, 0.25) is 0 Å². The number of aromatic nitrogens is 4. The first-order valence-corrected chi connectivity index (χ1v) is 22.6. The third-order valence-electron chi connectivity index (χ3n) is 10.7. The maximum absolute atomic E-state index is 13.7. The zero-order valence-electron chi connectivity index (χ0n) is 40.2. The van der Waals surface area contributed by atoms with Crippen LogP contribution in [0.1, 0.15) is 81.9 Å². The van der Waals surface area contributed by atoms with E-state index in [0.717, 1.165) is 51.3 Å². The van der Waals surface area contributed by atoms with Crippen molar-refractivity contribution in [2.45, 2.75) is 104 Å². The summed E-state index contributed by atoms with van der Waals surface area (Å²) in [7, 11) is 0. The molecule has 14 nitrogen and oxygen atoms in total. The molecule has 4 aromatic carbocycles. The first-order valence-electron chi connectivity index (χ1n) is 22.6. The molecule has 0 fully saturated rings. The minimum Gasteiger partial charge on any atom is -0.487 e. The van der Waals surface area contributed by atoms with Crippen LogP contribution >= 0.6 is 12.4 Å². The minimum atomic E-state index is -4.62. The van der Waals surface area contributed by atoms with E-state index in [-0.39, 0.29) is 49.2 Å². The van der Waals surface area contributed by atoms with E-state index in [9.17, 15) is 40.7 Å². The molecule has 0 saturated heterocycles. The predicted molar refractivity (Wildman–Crippen MR) is 258 cm³/mol. The highest BCUT2D eigenvalue weighted by molar-refractivity contribution is 6.02. The van der Waals surface area contributed by atoms with Gasteiger partial charge in [0.2, 0.25) is 5.91 Å². The van der Waals surface area contributed by atoms with Crippen molar-refractivity contribution in [1.82, 2.24) is 24.9 Å². The Morgan fingerprint density at radius 1 is 0.653 bits per heavy atom. The third kappa shape index (κ3) is 14.2. The van der Waals surface area contributed by atoms with Gasteiger partial charge < -0.3 is 34.5 Å². The minimum absolute atomic E-state index is 0. The second-order valence-electron chi connectivity index (χ2n) is 18.6. The molecular weight excluding hydrogens is 972 g/mol. The number of carbonyl (C=O) groups excluding carboxylic acids is 3. The molecule has 21 heteroatoms. The van der Waals surface area contributed by atoms with E-state index in [1.807, 2.05) is 12.1 Å². The molecular formula is C51H54ClF6N7O7. The maximum Gasteiger partial charge on any atom is 0.433 e. The Bertz CT molecular complexity index is 2810. The summed E-state index contributed by atoms with van der Waals surface area (Å²) < 4.78 is 105. The molecule has 2 amide bonds. The van der Waals surface area contributed by atoms with Crippen molar-refractivity contribution in [3.63, 3.8) is 0 Å². The van der Waals surface area contributed by atoms with E-state index >= 15 is 0 Å². The van der Waals surface area contributed by atoms with Crippen LogP contribution in [-0.4, -0.2) is 67.9 Å². The Hall–Kier alpha value is -7.22. The normalized spacial score (nSPS) is 13.6. The van der Waals surface area contributed by atoms with Crippen molar-refractivity contribution in [3.05, 3.63) is 143 Å². The second kappa shape index (κ2) is 22.0. The number of ether oxygens (including phenoxy) is 4. The van der Waals surface area contributed by atoms with Gasteiger partial charge in [0.15, 0.2) is 0 Å². The molecule has 4 heterocycles. The molecule has 2 aliphatic heterocycles. The number of benzene rings is 4. The van der Waals surface area contributed by atoms with Crippen molar-refractivity contribution in [3.8, 4) is 22.9 Å². The fourth-order valence-electron chi connectivity index (χ4n) is 7.71. The summed E-state index contributed by atoms with van der Waals surface area (Å²) in [6, 6.07) is 27.6. The molecule has 2 aliphatic rings. The lowest BCUT2D eigenvalue weighted by atomic mass is 10.1. The lowest BCUT2D eigenvalue weighted by molar-refractivity contribution is -0.156. The van der Waals surface area contributed by atoms with Crippen LogP contribution in [0.5, 0.6) is 11.5 Å². The van der Waals surface area contributed by atoms with Crippen molar-refractivity contribution in [1.29, 1.82) is 0 Å². The summed E-state index contributed by atoms with van der Waals surface area (Å²) >= 11 is 0. The van der Waals surface area contributed by atoms with Gasteiger partial charge in [0, 0.05) is 24.5 Å². The Morgan fingerprint density at radius 3 is 1.65 bits per heavy atom. The Kier molecular flexibility index (Phi) is 16.6. The number of alkyl carbamates (subject to hydrolysis) is 1. The summed E-state index contributed by atoms with van der Waals surface area (Å²) in [5.74, 6) is -0.188. The fraction of sp³-hybridized carbons (Fsp3) is 0.353. The summed E-state index contributed by atoms with van der Waals surface area (Å²) in [5, 5.41) is 14.0. The first-order chi connectivity index (χ1) is 33.4. The van der Waals surface area contributed by atoms with Crippen molar-refractivity contribution in [2.75, 3.05) is 23.3 Å². The van der Waals surface area contributed by atoms with E-state index in [1.165, 1.54) is 17.0 Å². The number of nitrogens with zero attached hydrogens (tertiary/aromatic N) is 5. The average molecular weight is 1030 g/mol. The van der Waals surface area contributed by atoms with Crippen LogP contribution < -0.4 is 25.0 Å². The summed E-state index contributed by atoms with van der Waals surface area (Å²) in [4.78, 5) is 40.3. The first kappa shape index (κ1) is 54.1. The van der Waals surface area contributed by atoms with Crippen molar-refractivity contribution < 1.29 is 59.7 Å². The largest absolute Gasteiger partial charge is 0.487 e. The highest BCUT2D eigenvalue weighted by atomic mass is 35.5. The molecule has 72 heavy (non-hydrogen) atoms. The molecule has 0 saturated carbocycles. The average Bonchev–Trinajstić information content (AvgIpc) is 4.12. The third-order valence-corrected chi connectivity index (χ3v) is 10.7. The summed E-state index contributed by atoms with van der Waals surface area (Å²) in [6.07, 6.45) is -9.02. The fourth-order valence-corrected chi connectivity index (χ4v) is 7.71. The zero-order valence-corrected chi connectivity index (χ0v) is 41.0. The Morgan fingerprint density at radius 2 is 1.15 bits per heavy atom. The Balaban J connectivity index is 0.000000265. The molecule has 0 radical (unpaired) electrons. The number of hydrogen-bond donors (Lipinski definition) is 2. The highest BCUT2D eigenvalue weighted by Crippen LogP contribution is 2.36. The van der Waals surface area contributed by atoms with Gasteiger partial charge in [-0.05, 0) is 138 Å². The molecule has 0 aliphatic carbocycles. The number of nitrogens with one attached hydrogen (secondary N) is 2. The molecule has 1 atom stereocenters. The number of hydrogen-bond acceptors (Lipinski definition) is 10. The molecule has 2 N–H and O–H groups in total. The SMILES string of the molecule is CC(C)(C)OC(=O)C[C@@H](NC(=O)OC(C)(C)C)C(=O)N1CCc2cc(OCc3cc(C(F)(F)F)n(-c4ccccc4)n3)ccc21.Cl.FC(F)(F)c1cc(COc2ccc3c(c2)CCN3)nn1-c1ccccc1. The topological polar surface area (TPSA) is 151 Å². The lowest BCUT2D eigenvalue weighted by Gasteiger charge is -2.27. The molecule has 8 rings (SSSR count). The monoisotopic (exact) mass is 1030 g/mol. The molecule has 384 valence electrons. The summed E-state index contributed by atoms with van der Waals surface area (Å²) in [5.41, 5.74) is 1.10. The Labute approximate surface area is 418 Å². The molecule has 0 spiro atoms. The summed E-state index contributed by atoms with van der Waals surface area (Å²) in [6.45, 7) is 11.0. The number of halogens is 7. The van der Waals surface area contributed by atoms with Gasteiger partial charge >= 0.3 is 24.4 Å². The number of para-hydroxylation sites is 2. The van der Waals surface area contributed by atoms with Gasteiger partial charge in [-0.25, -0.2) is 14.2 Å². The van der Waals surface area contributed by atoms with Gasteiger partial charge in [-0.2, -0.15) is 36.5 Å². The lowest BCUT2D eigenvalue weighted by Crippen LogP contribution is -2.50. The van der Waals surface area contributed by atoms with E-state index in [2.05, 4.69) is 20.8 Å². The number of alkyl halides is 6. The van der Waals surface area contributed by atoms with E-state index in [4.69, 9.17) is 18.9 Å². The molecule has 0 unspecified atom stereocenters. The maximum atomic E-state index is 13.7. The smallest absolute Gasteiger partial charge is 0.433 e. The number of rotatable bonds is 12. The van der Waals surface area contributed by atoms with Gasteiger partial charge in [0.1, 0.15) is 64.7 Å². The van der Waals surface area contributed by atoms with Crippen LogP contribution in [0.25, 0.3) is 11.4 Å².